The highest BCUT2D eigenvalue weighted by molar-refractivity contribution is 6.22. The summed E-state index contributed by atoms with van der Waals surface area (Å²) in [6.07, 6.45) is 4.28. The van der Waals surface area contributed by atoms with Gasteiger partial charge in [0, 0.05) is 55.1 Å². The van der Waals surface area contributed by atoms with E-state index in [4.69, 9.17) is 10.5 Å². The average Bonchev–Trinajstić information content (AvgIpc) is 3.41. The number of nitrogens with two attached hydrogens (primary N) is 1. The largest absolute Gasteiger partial charge is 0.507 e. The molecule has 3 aliphatic carbocycles. The first kappa shape index (κ1) is 24.8. The number of Topliss-reactive ketones (excluding diaryl/α,β-unsaturated/α-hetero) is 1. The van der Waals surface area contributed by atoms with Crippen molar-refractivity contribution < 1.29 is 34.8 Å². The maximum atomic E-state index is 13.5. The number of hydrogen-bond donors (Lipinski definition) is 6. The van der Waals surface area contributed by atoms with Crippen molar-refractivity contribution in [3.8, 4) is 5.75 Å². The Hall–Kier alpha value is -3.50. The Morgan fingerprint density at radius 2 is 1.71 bits per heavy atom. The van der Waals surface area contributed by atoms with Gasteiger partial charge in [0.05, 0.1) is 11.6 Å². The summed E-state index contributed by atoms with van der Waals surface area (Å²) >= 11 is 0. The molecular weight excluding hydrogens is 490 g/mol. The summed E-state index contributed by atoms with van der Waals surface area (Å²) in [5, 5.41) is 48.1. The van der Waals surface area contributed by atoms with Gasteiger partial charge >= 0.3 is 0 Å². The number of primary amides is 1. The number of phenols is 1. The number of fused-ring (bicyclic) bond motifs is 3. The zero-order valence-corrected chi connectivity index (χ0v) is 21.1. The molecule has 2 saturated heterocycles. The number of carbonyl (C=O) groups excluding carboxylic acids is 2. The van der Waals surface area contributed by atoms with Crippen LogP contribution in [0.4, 0.5) is 5.69 Å². The Bertz CT molecular complexity index is 1300. The van der Waals surface area contributed by atoms with E-state index in [1.807, 2.05) is 6.07 Å². The summed E-state index contributed by atoms with van der Waals surface area (Å²) in [6.45, 7) is 2.86. The fraction of sp³-hybridized carbons (Fsp3) is 0.500. The Kier molecular flexibility index (Phi) is 6.11. The van der Waals surface area contributed by atoms with Crippen molar-refractivity contribution in [2.24, 2.45) is 17.6 Å². The number of nitrogens with one attached hydrogen (secondary N) is 1. The van der Waals surface area contributed by atoms with Gasteiger partial charge in [0.25, 0.3) is 5.91 Å². The number of hydrogen-bond acceptors (Lipinski definition) is 9. The van der Waals surface area contributed by atoms with Crippen LogP contribution in [0.5, 0.6) is 5.75 Å². The summed E-state index contributed by atoms with van der Waals surface area (Å²) in [4.78, 5) is 28.0. The molecule has 6 rings (SSSR count). The standard InChI is InChI=1S/C28H33N3O7/c29-28(37)22-26(35)21-16(23(27(22)36)30-14-5-9-38-10-6-14)12-13-11-15-17(31-7-1-2-8-31)3-4-18(32)20(15)24(33)19(13)25(21)34/h3-4,13-14,16,23,30,32-35H,1-2,5-12H2,(H2,29,37)/t13-,16+,23+/m0/s1. The van der Waals surface area contributed by atoms with Crippen LogP contribution in [-0.2, 0) is 20.7 Å². The van der Waals surface area contributed by atoms with Crippen molar-refractivity contribution in [1.29, 1.82) is 0 Å². The quantitative estimate of drug-likeness (QED) is 0.325. The number of ketones is 1. The molecule has 1 aromatic carbocycles. The first-order valence-corrected chi connectivity index (χ1v) is 13.4. The number of phenolic OH excluding ortho intramolecular Hbond substituents is 1. The number of benzene rings is 1. The average molecular weight is 524 g/mol. The van der Waals surface area contributed by atoms with E-state index in [-0.39, 0.29) is 45.9 Å². The predicted octanol–water partition coefficient (Wildman–Crippen LogP) is 2.28. The second-order valence-electron chi connectivity index (χ2n) is 10.9. The summed E-state index contributed by atoms with van der Waals surface area (Å²) in [5.41, 5.74) is 7.20. The van der Waals surface area contributed by atoms with Crippen molar-refractivity contribution in [3.63, 3.8) is 0 Å². The third-order valence-electron chi connectivity index (χ3n) is 8.79. The van der Waals surface area contributed by atoms with Crippen molar-refractivity contribution in [2.75, 3.05) is 31.2 Å². The Morgan fingerprint density at radius 3 is 2.39 bits per heavy atom. The van der Waals surface area contributed by atoms with Crippen LogP contribution < -0.4 is 16.0 Å². The van der Waals surface area contributed by atoms with Gasteiger partial charge in [-0.15, -0.1) is 0 Å². The van der Waals surface area contributed by atoms with Crippen LogP contribution >= 0.6 is 0 Å². The highest BCUT2D eigenvalue weighted by Crippen LogP contribution is 2.52. The number of allylic oxidation sites excluding steroid dienone is 2. The minimum atomic E-state index is -1.08. The molecule has 1 aromatic rings. The number of aromatic hydroxyl groups is 1. The van der Waals surface area contributed by atoms with Gasteiger partial charge in [0.1, 0.15) is 28.6 Å². The first-order chi connectivity index (χ1) is 18.3. The lowest BCUT2D eigenvalue weighted by Gasteiger charge is -2.43. The zero-order chi connectivity index (χ0) is 26.7. The van der Waals surface area contributed by atoms with Crippen LogP contribution in [-0.4, -0.2) is 70.5 Å². The molecular formula is C28H33N3O7. The molecule has 2 heterocycles. The molecule has 0 spiro atoms. The van der Waals surface area contributed by atoms with Gasteiger partial charge in [0.15, 0.2) is 5.78 Å². The van der Waals surface area contributed by atoms with E-state index in [2.05, 4.69) is 10.2 Å². The topological polar surface area (TPSA) is 166 Å². The van der Waals surface area contributed by atoms with Gasteiger partial charge in [0.2, 0.25) is 0 Å². The maximum Gasteiger partial charge on any atom is 0.256 e. The normalized spacial score (nSPS) is 27.9. The molecule has 0 unspecified atom stereocenters. The molecule has 38 heavy (non-hydrogen) atoms. The number of rotatable bonds is 4. The summed E-state index contributed by atoms with van der Waals surface area (Å²) < 4.78 is 5.44. The van der Waals surface area contributed by atoms with Crippen LogP contribution in [0, 0.1) is 11.8 Å². The van der Waals surface area contributed by atoms with Gasteiger partial charge < -0.3 is 41.1 Å². The fourth-order valence-electron chi connectivity index (χ4n) is 7.01. The van der Waals surface area contributed by atoms with Crippen LogP contribution in [0.15, 0.2) is 40.4 Å². The highest BCUT2D eigenvalue weighted by Gasteiger charge is 2.50. The number of carbonyl (C=O) groups is 2. The molecule has 2 fully saturated rings. The van der Waals surface area contributed by atoms with Crippen molar-refractivity contribution in [3.05, 3.63) is 51.5 Å². The van der Waals surface area contributed by atoms with Crippen LogP contribution in [0.1, 0.15) is 43.2 Å². The van der Waals surface area contributed by atoms with Gasteiger partial charge in [-0.1, -0.05) is 0 Å². The lowest BCUT2D eigenvalue weighted by atomic mass is 9.64. The lowest BCUT2D eigenvalue weighted by Crippen LogP contribution is -2.55. The predicted molar refractivity (Wildman–Crippen MR) is 139 cm³/mol. The van der Waals surface area contributed by atoms with E-state index in [0.717, 1.165) is 37.2 Å². The summed E-state index contributed by atoms with van der Waals surface area (Å²) in [5.74, 6) is -4.03. The lowest BCUT2D eigenvalue weighted by molar-refractivity contribution is -0.124. The number of amides is 1. The number of aliphatic hydroxyl groups is 3. The Labute approximate surface area is 220 Å². The van der Waals surface area contributed by atoms with E-state index in [1.165, 1.54) is 0 Å². The molecule has 2 aliphatic heterocycles. The molecule has 0 saturated carbocycles. The molecule has 5 aliphatic rings. The first-order valence-electron chi connectivity index (χ1n) is 13.4. The number of ether oxygens (including phenoxy) is 1. The van der Waals surface area contributed by atoms with Gasteiger partial charge in [-0.2, -0.15) is 0 Å². The van der Waals surface area contributed by atoms with Crippen LogP contribution in [0.3, 0.4) is 0 Å². The van der Waals surface area contributed by atoms with Crippen LogP contribution in [0.2, 0.25) is 0 Å². The van der Waals surface area contributed by atoms with Crippen molar-refractivity contribution >= 4 is 23.1 Å². The molecule has 1 amide bonds. The third kappa shape index (κ3) is 3.77. The van der Waals surface area contributed by atoms with E-state index in [0.29, 0.717) is 38.9 Å². The molecule has 0 bridgehead atoms. The molecule has 10 heteroatoms. The van der Waals surface area contributed by atoms with Crippen molar-refractivity contribution in [2.45, 2.75) is 50.6 Å². The second kappa shape index (κ2) is 9.36. The maximum absolute atomic E-state index is 13.5. The Morgan fingerprint density at radius 1 is 1.00 bits per heavy atom. The molecule has 3 atom stereocenters. The molecule has 0 aromatic heterocycles. The third-order valence-corrected chi connectivity index (χ3v) is 8.79. The molecule has 0 radical (unpaired) electrons. The van der Waals surface area contributed by atoms with E-state index in [9.17, 15) is 30.0 Å². The minimum absolute atomic E-state index is 0.0272. The minimum Gasteiger partial charge on any atom is -0.507 e. The smallest absolute Gasteiger partial charge is 0.256 e. The van der Waals surface area contributed by atoms with Crippen LogP contribution in [0.25, 0.3) is 5.76 Å². The van der Waals surface area contributed by atoms with Gasteiger partial charge in [-0.05, 0) is 62.1 Å². The van der Waals surface area contributed by atoms with Gasteiger partial charge in [-0.3, -0.25) is 9.59 Å². The fourth-order valence-corrected chi connectivity index (χ4v) is 7.01. The molecule has 202 valence electrons. The number of aliphatic hydroxyl groups excluding tert-OH is 3. The Balaban J connectivity index is 1.49. The number of anilines is 1. The SMILES string of the molecule is NC(=O)C1=C(O)C2=C(O)C3=C(O)c4c(O)ccc(N5CCCC5)c4C[C@H]3C[C@H]2[C@@H](NC2CCOCC2)C1=O. The summed E-state index contributed by atoms with van der Waals surface area (Å²) in [6, 6.07) is 2.51. The number of nitrogens with zero attached hydrogens (tertiary/aromatic N) is 1. The van der Waals surface area contributed by atoms with E-state index in [1.54, 1.807) is 6.07 Å². The molecule has 10 nitrogen and oxygen atoms in total. The van der Waals surface area contributed by atoms with Crippen molar-refractivity contribution in [1.82, 2.24) is 5.32 Å². The zero-order valence-electron chi connectivity index (χ0n) is 21.1. The van der Waals surface area contributed by atoms with E-state index < -0.39 is 35.0 Å². The highest BCUT2D eigenvalue weighted by atomic mass is 16.5. The second-order valence-corrected chi connectivity index (χ2v) is 10.9. The van der Waals surface area contributed by atoms with Gasteiger partial charge in [-0.25, -0.2) is 0 Å². The van der Waals surface area contributed by atoms with E-state index >= 15 is 0 Å². The summed E-state index contributed by atoms with van der Waals surface area (Å²) in [7, 11) is 0. The molecule has 7 N–H and O–H groups in total. The monoisotopic (exact) mass is 523 g/mol.